The number of ether oxygens (including phenoxy) is 4. The van der Waals surface area contributed by atoms with Crippen LogP contribution in [0, 0.1) is 5.92 Å². The molecule has 0 unspecified atom stereocenters. The van der Waals surface area contributed by atoms with Gasteiger partial charge in [-0.3, -0.25) is 9.35 Å². The smallest absolute Gasteiger partial charge is 0.266 e. The highest BCUT2D eigenvalue weighted by atomic mass is 32.2. The molecular formula is C19H40N2O8S. The first-order valence-electron chi connectivity index (χ1n) is 10.4. The van der Waals surface area contributed by atoms with E-state index < -0.39 is 27.8 Å². The molecule has 0 saturated carbocycles. The van der Waals surface area contributed by atoms with Crippen LogP contribution in [0.5, 0.6) is 0 Å². The van der Waals surface area contributed by atoms with E-state index in [2.05, 4.69) is 24.5 Å². The van der Waals surface area contributed by atoms with Crippen LogP contribution < -0.4 is 10.6 Å². The monoisotopic (exact) mass is 456 g/mol. The van der Waals surface area contributed by atoms with E-state index in [-0.39, 0.29) is 19.2 Å². The Morgan fingerprint density at radius 1 is 0.833 bits per heavy atom. The number of hydrogen-bond acceptors (Lipinski definition) is 8. The van der Waals surface area contributed by atoms with Gasteiger partial charge in [-0.25, -0.2) is 0 Å². The summed E-state index contributed by atoms with van der Waals surface area (Å²) in [5.41, 5.74) is 0. The Hall–Kier alpha value is -0.820. The van der Waals surface area contributed by atoms with Crippen LogP contribution in [0.3, 0.4) is 0 Å². The molecule has 0 aliphatic rings. The second-order valence-corrected chi connectivity index (χ2v) is 9.04. The number of rotatable bonds is 20. The summed E-state index contributed by atoms with van der Waals surface area (Å²) in [7, 11) is -4.26. The van der Waals surface area contributed by atoms with Crippen molar-refractivity contribution in [2.75, 3.05) is 65.2 Å². The maximum absolute atomic E-state index is 12.1. The second-order valence-electron chi connectivity index (χ2n) is 7.55. The molecule has 11 heteroatoms. The van der Waals surface area contributed by atoms with Crippen molar-refractivity contribution in [3.8, 4) is 0 Å². The average Bonchev–Trinajstić information content (AvgIpc) is 2.62. The molecule has 0 heterocycles. The molecule has 10 nitrogen and oxygen atoms in total. The first-order valence-corrected chi connectivity index (χ1v) is 12.0. The molecule has 0 saturated heterocycles. The van der Waals surface area contributed by atoms with Crippen LogP contribution in [-0.4, -0.2) is 96.1 Å². The largest absolute Gasteiger partial charge is 0.379 e. The molecule has 1 amide bonds. The third-order valence-electron chi connectivity index (χ3n) is 3.73. The quantitative estimate of drug-likeness (QED) is 0.177. The fourth-order valence-electron chi connectivity index (χ4n) is 2.26. The van der Waals surface area contributed by atoms with Gasteiger partial charge in [0.05, 0.1) is 52.0 Å². The Labute approximate surface area is 181 Å². The fraction of sp³-hybridized carbons (Fsp3) is 0.947. The lowest BCUT2D eigenvalue weighted by atomic mass is 10.1. The zero-order valence-electron chi connectivity index (χ0n) is 18.7. The summed E-state index contributed by atoms with van der Waals surface area (Å²) in [5, 5.41) is 5.39. The van der Waals surface area contributed by atoms with Gasteiger partial charge in [-0.1, -0.05) is 27.7 Å². The molecule has 0 aliphatic heterocycles. The van der Waals surface area contributed by atoms with E-state index in [0.717, 1.165) is 13.0 Å². The lowest BCUT2D eigenvalue weighted by molar-refractivity contribution is -0.123. The molecule has 0 spiro atoms. The van der Waals surface area contributed by atoms with Crippen LogP contribution in [0.2, 0.25) is 0 Å². The molecule has 0 rings (SSSR count). The zero-order chi connectivity index (χ0) is 22.8. The fourth-order valence-corrected chi connectivity index (χ4v) is 2.93. The molecule has 180 valence electrons. The van der Waals surface area contributed by atoms with E-state index in [1.807, 2.05) is 0 Å². The summed E-state index contributed by atoms with van der Waals surface area (Å²) >= 11 is 0. The highest BCUT2D eigenvalue weighted by Crippen LogP contribution is 1.98. The van der Waals surface area contributed by atoms with E-state index in [1.165, 1.54) is 0 Å². The van der Waals surface area contributed by atoms with Gasteiger partial charge in [0, 0.05) is 19.2 Å². The van der Waals surface area contributed by atoms with Crippen molar-refractivity contribution < 1.29 is 36.7 Å². The van der Waals surface area contributed by atoms with Crippen molar-refractivity contribution >= 4 is 16.0 Å². The topological polar surface area (TPSA) is 132 Å². The van der Waals surface area contributed by atoms with Gasteiger partial charge in [0.15, 0.2) is 0 Å². The Bertz CT molecular complexity index is 529. The minimum atomic E-state index is -4.26. The van der Waals surface area contributed by atoms with Gasteiger partial charge in [-0.15, -0.1) is 0 Å². The van der Waals surface area contributed by atoms with E-state index in [9.17, 15) is 13.2 Å². The number of carbonyl (C=O) groups excluding carboxylic acids is 1. The molecule has 0 bridgehead atoms. The Kier molecular flexibility index (Phi) is 17.3. The van der Waals surface area contributed by atoms with E-state index in [0.29, 0.717) is 45.6 Å². The SMILES string of the molecule is CC(C)CCOCCOCCOCCOCCNC(=O)[C@@H](CS(=O)(=O)O)NC(C)C. The van der Waals surface area contributed by atoms with Crippen LogP contribution in [0.4, 0.5) is 0 Å². The Morgan fingerprint density at radius 2 is 1.30 bits per heavy atom. The van der Waals surface area contributed by atoms with Gasteiger partial charge < -0.3 is 29.6 Å². The minimum absolute atomic E-state index is 0.114. The van der Waals surface area contributed by atoms with Gasteiger partial charge in [-0.05, 0) is 12.3 Å². The van der Waals surface area contributed by atoms with Crippen LogP contribution in [0.15, 0.2) is 0 Å². The normalized spacial score (nSPS) is 13.2. The molecule has 0 radical (unpaired) electrons. The second kappa shape index (κ2) is 17.8. The molecule has 1 atom stereocenters. The van der Waals surface area contributed by atoms with Gasteiger partial charge in [0.1, 0.15) is 6.04 Å². The summed E-state index contributed by atoms with van der Waals surface area (Å²) in [6, 6.07) is -1.14. The summed E-state index contributed by atoms with van der Waals surface area (Å²) in [6.07, 6.45) is 1.05. The zero-order valence-corrected chi connectivity index (χ0v) is 19.5. The highest BCUT2D eigenvalue weighted by Gasteiger charge is 2.24. The van der Waals surface area contributed by atoms with Crippen molar-refractivity contribution in [1.29, 1.82) is 0 Å². The first-order chi connectivity index (χ1) is 14.1. The van der Waals surface area contributed by atoms with Crippen molar-refractivity contribution in [3.05, 3.63) is 0 Å². The van der Waals surface area contributed by atoms with E-state index >= 15 is 0 Å². The van der Waals surface area contributed by atoms with Crippen molar-refractivity contribution in [2.24, 2.45) is 5.92 Å². The van der Waals surface area contributed by atoms with Crippen molar-refractivity contribution in [1.82, 2.24) is 10.6 Å². The molecule has 0 aromatic heterocycles. The van der Waals surface area contributed by atoms with Crippen LogP contribution in [-0.2, 0) is 33.9 Å². The molecule has 0 aliphatic carbocycles. The molecule has 3 N–H and O–H groups in total. The summed E-state index contributed by atoms with van der Waals surface area (Å²) in [4.78, 5) is 12.1. The predicted molar refractivity (Wildman–Crippen MR) is 114 cm³/mol. The molecular weight excluding hydrogens is 416 g/mol. The Morgan fingerprint density at radius 3 is 1.73 bits per heavy atom. The third kappa shape index (κ3) is 20.5. The molecule has 0 aromatic rings. The number of nitrogens with one attached hydrogen (secondary N) is 2. The average molecular weight is 457 g/mol. The van der Waals surface area contributed by atoms with Gasteiger partial charge in [-0.2, -0.15) is 8.42 Å². The summed E-state index contributed by atoms with van der Waals surface area (Å²) in [5.74, 6) is -0.550. The molecule has 0 fully saturated rings. The summed E-state index contributed by atoms with van der Waals surface area (Å²) in [6.45, 7) is 12.0. The number of amides is 1. The number of hydrogen-bond donors (Lipinski definition) is 3. The molecule has 0 aromatic carbocycles. The van der Waals surface area contributed by atoms with Gasteiger partial charge >= 0.3 is 0 Å². The molecule has 30 heavy (non-hydrogen) atoms. The van der Waals surface area contributed by atoms with Crippen molar-refractivity contribution in [2.45, 2.75) is 46.2 Å². The minimum Gasteiger partial charge on any atom is -0.379 e. The highest BCUT2D eigenvalue weighted by molar-refractivity contribution is 7.85. The lowest BCUT2D eigenvalue weighted by Gasteiger charge is -2.19. The van der Waals surface area contributed by atoms with E-state index in [4.69, 9.17) is 23.5 Å². The standard InChI is InChI=1S/C19H40N2O8S/c1-16(2)5-7-26-9-11-28-13-14-29-12-10-27-8-6-20-19(22)18(21-17(3)4)15-30(23,24)25/h16-18,21H,5-15H2,1-4H3,(H,20,22)(H,23,24,25)/t18-/m1/s1. The predicted octanol–water partition coefficient (Wildman–Crippen LogP) is 0.470. The summed E-state index contributed by atoms with van der Waals surface area (Å²) < 4.78 is 52.6. The first kappa shape index (κ1) is 29.2. The maximum Gasteiger partial charge on any atom is 0.266 e. The van der Waals surface area contributed by atoms with Crippen LogP contribution in [0.25, 0.3) is 0 Å². The number of carbonyl (C=O) groups is 1. The van der Waals surface area contributed by atoms with E-state index in [1.54, 1.807) is 13.8 Å². The Balaban J connectivity index is 3.58. The lowest BCUT2D eigenvalue weighted by Crippen LogP contribution is -2.51. The van der Waals surface area contributed by atoms with Gasteiger partial charge in [0.2, 0.25) is 5.91 Å². The van der Waals surface area contributed by atoms with Crippen LogP contribution in [0.1, 0.15) is 34.1 Å². The van der Waals surface area contributed by atoms with Crippen LogP contribution >= 0.6 is 0 Å². The van der Waals surface area contributed by atoms with Gasteiger partial charge in [0.25, 0.3) is 10.1 Å². The third-order valence-corrected chi connectivity index (χ3v) is 4.48. The maximum atomic E-state index is 12.1. The van der Waals surface area contributed by atoms with Crippen molar-refractivity contribution in [3.63, 3.8) is 0 Å².